The summed E-state index contributed by atoms with van der Waals surface area (Å²) in [6.07, 6.45) is 0.794. The van der Waals surface area contributed by atoms with Gasteiger partial charge in [-0.15, -0.1) is 0 Å². The zero-order valence-corrected chi connectivity index (χ0v) is 20.6. The first-order valence-corrected chi connectivity index (χ1v) is 12.4. The van der Waals surface area contributed by atoms with E-state index in [9.17, 15) is 14.7 Å². The molecule has 1 unspecified atom stereocenters. The molecule has 1 fully saturated rings. The lowest BCUT2D eigenvalue weighted by Gasteiger charge is -2.23. The highest BCUT2D eigenvalue weighted by atomic mass is 35.5. The van der Waals surface area contributed by atoms with E-state index in [-0.39, 0.29) is 21.8 Å². The topological polar surface area (TPSA) is 79.7 Å². The quantitative estimate of drug-likeness (QED) is 0.177. The second kappa shape index (κ2) is 9.72. The highest BCUT2D eigenvalue weighted by molar-refractivity contribution is 7.22. The fourth-order valence-electron chi connectivity index (χ4n) is 4.12. The second-order valence-corrected chi connectivity index (χ2v) is 9.62. The fourth-order valence-corrected chi connectivity index (χ4v) is 5.39. The summed E-state index contributed by atoms with van der Waals surface area (Å²) in [6, 6.07) is 16.3. The third kappa shape index (κ3) is 4.23. The van der Waals surface area contributed by atoms with E-state index < -0.39 is 29.3 Å². The summed E-state index contributed by atoms with van der Waals surface area (Å²) in [4.78, 5) is 32.3. The predicted molar refractivity (Wildman–Crippen MR) is 138 cm³/mol. The molecule has 0 aliphatic carbocycles. The van der Waals surface area contributed by atoms with Crippen LogP contribution in [0.5, 0.6) is 5.75 Å². The van der Waals surface area contributed by atoms with E-state index >= 15 is 4.39 Å². The van der Waals surface area contributed by atoms with Crippen LogP contribution in [0.25, 0.3) is 16.0 Å². The summed E-state index contributed by atoms with van der Waals surface area (Å²) in [5.41, 5.74) is 0.692. The molecular weight excluding hydrogens is 503 g/mol. The lowest BCUT2D eigenvalue weighted by atomic mass is 9.95. The van der Waals surface area contributed by atoms with Gasteiger partial charge in [-0.25, -0.2) is 9.37 Å². The summed E-state index contributed by atoms with van der Waals surface area (Å²) >= 11 is 7.26. The predicted octanol–water partition coefficient (Wildman–Crippen LogP) is 6.50. The van der Waals surface area contributed by atoms with Crippen LogP contribution in [0.2, 0.25) is 5.02 Å². The molecule has 0 radical (unpaired) electrons. The van der Waals surface area contributed by atoms with Crippen molar-refractivity contribution in [3.05, 3.63) is 94.3 Å². The maximum Gasteiger partial charge on any atom is 0.301 e. The maximum absolute atomic E-state index is 15.1. The van der Waals surface area contributed by atoms with E-state index in [1.165, 1.54) is 18.2 Å². The molecule has 9 heteroatoms. The molecule has 0 saturated carbocycles. The van der Waals surface area contributed by atoms with E-state index in [0.29, 0.717) is 27.6 Å². The van der Waals surface area contributed by atoms with Crippen molar-refractivity contribution in [3.8, 4) is 5.75 Å². The van der Waals surface area contributed by atoms with Crippen LogP contribution in [0.4, 0.5) is 9.52 Å². The fraction of sp³-hybridized carbons (Fsp3) is 0.148. The number of hydrogen-bond donors (Lipinski definition) is 1. The van der Waals surface area contributed by atoms with Crippen LogP contribution in [-0.4, -0.2) is 28.4 Å². The molecule has 6 nitrogen and oxygen atoms in total. The molecule has 1 atom stereocenters. The number of aliphatic hydroxyl groups excluding tert-OH is 1. The van der Waals surface area contributed by atoms with E-state index in [1.54, 1.807) is 48.5 Å². The molecule has 1 amide bonds. The zero-order chi connectivity index (χ0) is 25.4. The van der Waals surface area contributed by atoms with E-state index in [1.807, 2.05) is 6.92 Å². The number of aliphatic hydroxyl groups is 1. The molecule has 1 aromatic heterocycles. The number of thiazole rings is 1. The van der Waals surface area contributed by atoms with Gasteiger partial charge in [-0.2, -0.15) is 0 Å². The summed E-state index contributed by atoms with van der Waals surface area (Å²) < 4.78 is 21.4. The minimum Gasteiger partial charge on any atom is -0.507 e. The number of benzene rings is 3. The zero-order valence-electron chi connectivity index (χ0n) is 19.1. The van der Waals surface area contributed by atoms with Crippen LogP contribution < -0.4 is 9.64 Å². The maximum atomic E-state index is 15.1. The molecule has 1 aliphatic heterocycles. The molecule has 1 aliphatic rings. The number of halogens is 2. The van der Waals surface area contributed by atoms with Gasteiger partial charge < -0.3 is 9.84 Å². The van der Waals surface area contributed by atoms with E-state index in [2.05, 4.69) is 4.98 Å². The number of nitrogens with zero attached hydrogens (tertiary/aromatic N) is 2. The van der Waals surface area contributed by atoms with Gasteiger partial charge in [-0.05, 0) is 42.8 Å². The molecule has 182 valence electrons. The molecular formula is C27H20ClFN2O4S. The molecule has 4 aromatic rings. The molecule has 2 heterocycles. The number of amides is 1. The van der Waals surface area contributed by atoms with Crippen molar-refractivity contribution in [1.82, 2.24) is 4.98 Å². The van der Waals surface area contributed by atoms with Crippen LogP contribution in [0.15, 0.2) is 72.3 Å². The Morgan fingerprint density at radius 3 is 2.72 bits per heavy atom. The van der Waals surface area contributed by atoms with Crippen molar-refractivity contribution >= 4 is 55.7 Å². The van der Waals surface area contributed by atoms with Gasteiger partial charge in [0.25, 0.3) is 5.78 Å². The van der Waals surface area contributed by atoms with Crippen molar-refractivity contribution in [2.24, 2.45) is 0 Å². The van der Waals surface area contributed by atoms with Gasteiger partial charge in [0, 0.05) is 16.1 Å². The lowest BCUT2D eigenvalue weighted by Crippen LogP contribution is -2.29. The Hall–Kier alpha value is -3.75. The van der Waals surface area contributed by atoms with Crippen molar-refractivity contribution in [2.75, 3.05) is 11.5 Å². The third-order valence-electron chi connectivity index (χ3n) is 5.77. The lowest BCUT2D eigenvalue weighted by molar-refractivity contribution is -0.132. The third-order valence-corrected chi connectivity index (χ3v) is 7.02. The average molecular weight is 523 g/mol. The molecule has 36 heavy (non-hydrogen) atoms. The highest BCUT2D eigenvalue weighted by Gasteiger charge is 2.49. The van der Waals surface area contributed by atoms with Crippen LogP contribution in [-0.2, 0) is 9.59 Å². The number of hydrogen-bond acceptors (Lipinski definition) is 6. The van der Waals surface area contributed by atoms with Gasteiger partial charge in [0.1, 0.15) is 23.4 Å². The standard InChI is InChI=1S/C27H20ClFN2O4S/c1-2-12-35-17-7-5-6-15(13-17)24(32)22-23(18-8-3-4-9-19(18)29)31(26(34)25(22)33)27-30-20-11-10-16(28)14-21(20)36-27/h3-11,13-14,23,32H,2,12H2,1H3. The number of aromatic nitrogens is 1. The number of Topliss-reactive ketones (excluding diaryl/α,β-unsaturated/α-hetero) is 1. The number of carbonyl (C=O) groups is 2. The Labute approximate surface area is 215 Å². The van der Waals surface area contributed by atoms with Crippen LogP contribution in [0, 0.1) is 5.82 Å². The van der Waals surface area contributed by atoms with E-state index in [0.717, 1.165) is 22.7 Å². The number of ether oxygens (including phenoxy) is 1. The number of fused-ring (bicyclic) bond motifs is 1. The Morgan fingerprint density at radius 1 is 1.14 bits per heavy atom. The van der Waals surface area contributed by atoms with Gasteiger partial charge in [0.15, 0.2) is 5.13 Å². The van der Waals surface area contributed by atoms with E-state index in [4.69, 9.17) is 16.3 Å². The summed E-state index contributed by atoms with van der Waals surface area (Å²) in [7, 11) is 0. The van der Waals surface area contributed by atoms with Gasteiger partial charge in [0.2, 0.25) is 0 Å². The Bertz CT molecular complexity index is 1530. The Kier molecular flexibility index (Phi) is 6.47. The number of carbonyl (C=O) groups excluding carboxylic acids is 2. The largest absolute Gasteiger partial charge is 0.507 e. The average Bonchev–Trinajstić information content (AvgIpc) is 3.40. The van der Waals surface area contributed by atoms with Crippen LogP contribution in [0.3, 0.4) is 0 Å². The first-order valence-electron chi connectivity index (χ1n) is 11.2. The van der Waals surface area contributed by atoms with Gasteiger partial charge >= 0.3 is 5.91 Å². The number of anilines is 1. The van der Waals surface area contributed by atoms with Crippen LogP contribution in [0.1, 0.15) is 30.5 Å². The minimum absolute atomic E-state index is 0.0638. The van der Waals surface area contributed by atoms with Crippen molar-refractivity contribution in [3.63, 3.8) is 0 Å². The SMILES string of the molecule is CCCOc1cccc(C(O)=C2C(=O)C(=O)N(c3nc4ccc(Cl)cc4s3)C2c2ccccc2F)c1. The monoisotopic (exact) mass is 522 g/mol. The van der Waals surface area contributed by atoms with Crippen molar-refractivity contribution in [1.29, 1.82) is 0 Å². The van der Waals surface area contributed by atoms with Gasteiger partial charge in [-0.1, -0.05) is 60.2 Å². The molecule has 3 aromatic carbocycles. The van der Waals surface area contributed by atoms with Crippen molar-refractivity contribution < 1.29 is 23.8 Å². The van der Waals surface area contributed by atoms with Crippen molar-refractivity contribution in [2.45, 2.75) is 19.4 Å². The molecule has 1 N–H and O–H groups in total. The van der Waals surface area contributed by atoms with Gasteiger partial charge in [0.05, 0.1) is 22.4 Å². The van der Waals surface area contributed by atoms with Crippen LogP contribution >= 0.6 is 22.9 Å². The minimum atomic E-state index is -1.22. The summed E-state index contributed by atoms with van der Waals surface area (Å²) in [5.74, 6) is -2.38. The first-order chi connectivity index (χ1) is 17.4. The van der Waals surface area contributed by atoms with Gasteiger partial charge in [-0.3, -0.25) is 14.5 Å². The smallest absolute Gasteiger partial charge is 0.301 e. The first kappa shape index (κ1) is 24.0. The normalized spacial score (nSPS) is 17.2. The molecule has 1 saturated heterocycles. The molecule has 0 bridgehead atoms. The molecule has 5 rings (SSSR count). The molecule has 0 spiro atoms. The Morgan fingerprint density at radius 2 is 1.94 bits per heavy atom. The Balaban J connectivity index is 1.70. The number of ketones is 1. The second-order valence-electron chi connectivity index (χ2n) is 8.18. The highest BCUT2D eigenvalue weighted by Crippen LogP contribution is 2.45. The summed E-state index contributed by atoms with van der Waals surface area (Å²) in [5, 5.41) is 12.0. The number of rotatable bonds is 6. The summed E-state index contributed by atoms with van der Waals surface area (Å²) in [6.45, 7) is 2.45.